The molecule has 216 valence electrons. The molecule has 0 aromatic carbocycles. The van der Waals surface area contributed by atoms with Crippen LogP contribution < -0.4 is 16.4 Å². The van der Waals surface area contributed by atoms with Crippen molar-refractivity contribution in [3.05, 3.63) is 16.9 Å². The van der Waals surface area contributed by atoms with Gasteiger partial charge in [0.2, 0.25) is 17.7 Å². The van der Waals surface area contributed by atoms with E-state index in [0.29, 0.717) is 29.7 Å². The highest BCUT2D eigenvalue weighted by Crippen LogP contribution is 2.52. The van der Waals surface area contributed by atoms with Gasteiger partial charge in [0.1, 0.15) is 18.6 Å². The lowest BCUT2D eigenvalue weighted by molar-refractivity contribution is -0.158. The monoisotopic (exact) mass is 573 g/mol. The number of tetrazole rings is 1. The first-order valence-corrected chi connectivity index (χ1v) is 14.7. The summed E-state index contributed by atoms with van der Waals surface area (Å²) in [7, 11) is 0. The molecule has 2 unspecified atom stereocenters. The summed E-state index contributed by atoms with van der Waals surface area (Å²) in [4.78, 5) is 55.2. The highest BCUT2D eigenvalue weighted by atomic mass is 32.2. The van der Waals surface area contributed by atoms with Crippen molar-refractivity contribution in [2.75, 3.05) is 19.6 Å². The standard InChI is InChI=1S/C25H35N9O5S/c1-11-20-19(12(2)29-18(35)9-33-10-28-30-31-33)24(37)34(20)21(25(38)39)22(11)40-16-5-17(27-6-16)23(36)32-7-13-3-15(26)4-14(13)8-32/h10-17,19-20,27H,3-9,26H2,1-2H3,(H,29,35)(H,38,39)/t11-,12-,13?,14?,15?,16+,17+,19-,20-/m1/s1. The molecule has 3 amide bonds. The fourth-order valence-corrected chi connectivity index (χ4v) is 8.87. The molecule has 0 spiro atoms. The quantitative estimate of drug-likeness (QED) is 0.268. The second kappa shape index (κ2) is 10.4. The zero-order valence-corrected chi connectivity index (χ0v) is 23.3. The van der Waals surface area contributed by atoms with Gasteiger partial charge in [-0.25, -0.2) is 9.48 Å². The third kappa shape index (κ3) is 4.67. The molecule has 6 rings (SSSR count). The molecule has 8 atom stereocenters. The molecule has 0 bridgehead atoms. The van der Waals surface area contributed by atoms with Crippen molar-refractivity contribution >= 4 is 35.5 Å². The average Bonchev–Trinajstić information content (AvgIpc) is 3.70. The first-order valence-electron chi connectivity index (χ1n) is 13.9. The number of rotatable bonds is 8. The van der Waals surface area contributed by atoms with Crippen LogP contribution in [0.2, 0.25) is 0 Å². The van der Waals surface area contributed by atoms with Crippen molar-refractivity contribution in [3.63, 3.8) is 0 Å². The Labute approximate surface area is 235 Å². The van der Waals surface area contributed by atoms with Crippen LogP contribution in [0.25, 0.3) is 0 Å². The minimum absolute atomic E-state index is 0.0111. The van der Waals surface area contributed by atoms with Gasteiger partial charge in [-0.1, -0.05) is 6.92 Å². The number of hydrogen-bond donors (Lipinski definition) is 4. The topological polar surface area (TPSA) is 189 Å². The number of nitrogens with two attached hydrogens (primary N) is 1. The van der Waals surface area contributed by atoms with Crippen LogP contribution in [-0.2, 0) is 25.7 Å². The van der Waals surface area contributed by atoms with Gasteiger partial charge in [0.05, 0.1) is 18.0 Å². The van der Waals surface area contributed by atoms with E-state index >= 15 is 0 Å². The molecule has 4 fully saturated rings. The minimum atomic E-state index is -1.14. The Morgan fingerprint density at radius 3 is 2.62 bits per heavy atom. The molecule has 15 heteroatoms. The number of fused-ring (bicyclic) bond motifs is 2. The summed E-state index contributed by atoms with van der Waals surface area (Å²) in [5, 5.41) is 27.0. The molecule has 1 aliphatic carbocycles. The molecule has 0 radical (unpaired) electrons. The van der Waals surface area contributed by atoms with Gasteiger partial charge in [0.25, 0.3) is 0 Å². The van der Waals surface area contributed by atoms with Gasteiger partial charge in [-0.2, -0.15) is 0 Å². The van der Waals surface area contributed by atoms with Crippen molar-refractivity contribution in [1.29, 1.82) is 0 Å². The minimum Gasteiger partial charge on any atom is -0.477 e. The Morgan fingerprint density at radius 1 is 1.25 bits per heavy atom. The van der Waals surface area contributed by atoms with Crippen molar-refractivity contribution < 1.29 is 24.3 Å². The van der Waals surface area contributed by atoms with E-state index in [1.807, 2.05) is 11.8 Å². The third-order valence-corrected chi connectivity index (χ3v) is 10.7. The molecular weight excluding hydrogens is 538 g/mol. The summed E-state index contributed by atoms with van der Waals surface area (Å²) in [5.74, 6) is -1.44. The molecule has 3 saturated heterocycles. The molecular formula is C25H35N9O5S. The predicted molar refractivity (Wildman–Crippen MR) is 142 cm³/mol. The summed E-state index contributed by atoms with van der Waals surface area (Å²) in [6, 6.07) is -0.898. The fourth-order valence-electron chi connectivity index (χ4n) is 7.39. The van der Waals surface area contributed by atoms with E-state index in [2.05, 4.69) is 26.2 Å². The molecule has 40 heavy (non-hydrogen) atoms. The van der Waals surface area contributed by atoms with Crippen LogP contribution in [0.3, 0.4) is 0 Å². The molecule has 5 N–H and O–H groups in total. The Bertz CT molecular complexity index is 1230. The molecule has 14 nitrogen and oxygen atoms in total. The van der Waals surface area contributed by atoms with E-state index in [9.17, 15) is 24.3 Å². The largest absolute Gasteiger partial charge is 0.477 e. The number of thioether (sulfide) groups is 1. The lowest BCUT2D eigenvalue weighted by Gasteiger charge is -2.47. The first-order chi connectivity index (χ1) is 19.1. The predicted octanol–water partition coefficient (Wildman–Crippen LogP) is -1.39. The van der Waals surface area contributed by atoms with Gasteiger partial charge >= 0.3 is 5.97 Å². The van der Waals surface area contributed by atoms with Crippen LogP contribution in [-0.4, -0.2) is 108 Å². The van der Waals surface area contributed by atoms with Crippen LogP contribution >= 0.6 is 11.8 Å². The lowest BCUT2D eigenvalue weighted by atomic mass is 9.78. The number of carbonyl (C=O) groups excluding carboxylic acids is 3. The van der Waals surface area contributed by atoms with E-state index in [1.54, 1.807) is 6.92 Å². The van der Waals surface area contributed by atoms with Gasteiger partial charge in [-0.3, -0.25) is 14.4 Å². The number of β-lactam (4-membered cyclic amide) rings is 1. The third-order valence-electron chi connectivity index (χ3n) is 9.20. The summed E-state index contributed by atoms with van der Waals surface area (Å²) < 4.78 is 1.28. The maximum absolute atomic E-state index is 13.3. The molecule has 1 aromatic heterocycles. The van der Waals surface area contributed by atoms with Crippen molar-refractivity contribution in [1.82, 2.24) is 40.6 Å². The maximum Gasteiger partial charge on any atom is 0.353 e. The maximum atomic E-state index is 13.3. The number of nitrogens with zero attached hydrogens (tertiary/aromatic N) is 6. The number of carboxylic acid groups (broad SMARTS) is 1. The van der Waals surface area contributed by atoms with E-state index in [-0.39, 0.29) is 59.3 Å². The molecule has 1 aromatic rings. The summed E-state index contributed by atoms with van der Waals surface area (Å²) in [6.45, 7) is 5.73. The Morgan fingerprint density at radius 2 is 1.98 bits per heavy atom. The summed E-state index contributed by atoms with van der Waals surface area (Å²) >= 11 is 1.46. The summed E-state index contributed by atoms with van der Waals surface area (Å²) in [6.07, 6.45) is 3.89. The Balaban J connectivity index is 1.08. The molecule has 4 aliphatic heterocycles. The number of aromatic nitrogens is 4. The Kier molecular flexibility index (Phi) is 7.07. The van der Waals surface area contributed by atoms with Crippen LogP contribution in [0.15, 0.2) is 16.9 Å². The van der Waals surface area contributed by atoms with Gasteiger partial charge in [0, 0.05) is 47.8 Å². The van der Waals surface area contributed by atoms with E-state index in [4.69, 9.17) is 5.73 Å². The number of carboxylic acids is 1. The molecule has 1 saturated carbocycles. The van der Waals surface area contributed by atoms with Crippen molar-refractivity contribution in [3.8, 4) is 0 Å². The van der Waals surface area contributed by atoms with Gasteiger partial charge < -0.3 is 31.3 Å². The number of carbonyl (C=O) groups is 4. The number of likely N-dealkylation sites (tertiary alicyclic amines) is 1. The normalized spacial score (nSPS) is 35.5. The number of aliphatic carboxylic acids is 1. The molecule has 5 aliphatic rings. The highest BCUT2D eigenvalue weighted by Gasteiger charge is 2.60. The zero-order valence-electron chi connectivity index (χ0n) is 22.5. The van der Waals surface area contributed by atoms with Crippen LogP contribution in [0.4, 0.5) is 0 Å². The van der Waals surface area contributed by atoms with E-state index in [1.165, 1.54) is 27.7 Å². The lowest BCUT2D eigenvalue weighted by Crippen LogP contribution is -2.66. The second-order valence-electron chi connectivity index (χ2n) is 11.8. The fraction of sp³-hybridized carbons (Fsp3) is 0.720. The van der Waals surface area contributed by atoms with Crippen molar-refractivity contribution in [2.45, 2.75) is 69.1 Å². The van der Waals surface area contributed by atoms with E-state index in [0.717, 1.165) is 25.9 Å². The van der Waals surface area contributed by atoms with Crippen LogP contribution in [0.5, 0.6) is 0 Å². The second-order valence-corrected chi connectivity index (χ2v) is 13.2. The van der Waals surface area contributed by atoms with Gasteiger partial charge in [-0.05, 0) is 48.4 Å². The van der Waals surface area contributed by atoms with Crippen molar-refractivity contribution in [2.24, 2.45) is 29.4 Å². The Hall–Kier alpha value is -3.04. The SMILES string of the molecule is C[C@@H](NC(=O)Cn1cnnn1)[C@H]1C(=O)N2C(C(=O)O)=C(S[C@@H]3CN[C@H](C(=O)N4CC5CC(N)CC5C4)C3)[C@H](C)[C@H]12. The number of amides is 3. The highest BCUT2D eigenvalue weighted by molar-refractivity contribution is 8.03. The van der Waals surface area contributed by atoms with Crippen LogP contribution in [0, 0.1) is 23.7 Å². The molecule has 5 heterocycles. The summed E-state index contributed by atoms with van der Waals surface area (Å²) in [5.41, 5.74) is 6.12. The zero-order chi connectivity index (χ0) is 28.3. The van der Waals surface area contributed by atoms with E-state index < -0.39 is 17.9 Å². The smallest absolute Gasteiger partial charge is 0.353 e. The van der Waals surface area contributed by atoms with Crippen LogP contribution in [0.1, 0.15) is 33.1 Å². The van der Waals surface area contributed by atoms with Gasteiger partial charge in [0.15, 0.2) is 0 Å². The first kappa shape index (κ1) is 27.1. The average molecular weight is 574 g/mol. The van der Waals surface area contributed by atoms with Gasteiger partial charge in [-0.15, -0.1) is 16.9 Å². The number of hydrogen-bond acceptors (Lipinski definition) is 10. The number of nitrogens with one attached hydrogen (secondary N) is 2.